The minimum absolute atomic E-state index is 0.321. The van der Waals surface area contributed by atoms with Gasteiger partial charge >= 0.3 is 6.09 Å². The van der Waals surface area contributed by atoms with E-state index in [2.05, 4.69) is 17.6 Å². The Morgan fingerprint density at radius 1 is 1.38 bits per heavy atom. The summed E-state index contributed by atoms with van der Waals surface area (Å²) in [5.41, 5.74) is 0. The average Bonchev–Trinajstić information content (AvgIpc) is 2.78. The summed E-state index contributed by atoms with van der Waals surface area (Å²) >= 11 is 0. The summed E-state index contributed by atoms with van der Waals surface area (Å²) in [4.78, 5) is 11.0. The zero-order valence-corrected chi connectivity index (χ0v) is 10.4. The van der Waals surface area contributed by atoms with Crippen molar-refractivity contribution >= 4 is 6.09 Å². The molecule has 4 heteroatoms. The number of hydrogen-bond acceptors (Lipinski definition) is 3. The maximum absolute atomic E-state index is 11.0. The van der Waals surface area contributed by atoms with Crippen LogP contribution in [0, 0.1) is 5.92 Å². The van der Waals surface area contributed by atoms with Gasteiger partial charge in [0.15, 0.2) is 0 Å². The maximum Gasteiger partial charge on any atom is 0.407 e. The number of carbonyl (C=O) groups excluding carboxylic acids is 1. The molecule has 0 radical (unpaired) electrons. The van der Waals surface area contributed by atoms with Crippen LogP contribution in [-0.2, 0) is 4.74 Å². The van der Waals surface area contributed by atoms with Gasteiger partial charge in [0.25, 0.3) is 0 Å². The van der Waals surface area contributed by atoms with Crippen molar-refractivity contribution in [3.05, 3.63) is 0 Å². The molecule has 94 valence electrons. The minimum Gasteiger partial charge on any atom is -0.450 e. The van der Waals surface area contributed by atoms with E-state index < -0.39 is 0 Å². The fraction of sp³-hybridized carbons (Fsp3) is 0.917. The lowest BCUT2D eigenvalue weighted by atomic mass is 10.00. The number of nitrogens with one attached hydrogen (secondary N) is 2. The molecule has 16 heavy (non-hydrogen) atoms. The van der Waals surface area contributed by atoms with E-state index in [1.54, 1.807) is 6.92 Å². The third kappa shape index (κ3) is 4.84. The van der Waals surface area contributed by atoms with Crippen LogP contribution in [0.25, 0.3) is 0 Å². The van der Waals surface area contributed by atoms with Gasteiger partial charge in [-0.3, -0.25) is 0 Å². The SMILES string of the molecule is CCOC(=O)NCCNC(C)C1CCCC1. The first-order valence-electron chi connectivity index (χ1n) is 6.38. The third-order valence-electron chi connectivity index (χ3n) is 3.24. The molecule has 1 fully saturated rings. The molecule has 0 spiro atoms. The van der Waals surface area contributed by atoms with E-state index >= 15 is 0 Å². The summed E-state index contributed by atoms with van der Waals surface area (Å²) in [6.07, 6.45) is 5.12. The second kappa shape index (κ2) is 7.49. The lowest BCUT2D eigenvalue weighted by Crippen LogP contribution is -2.38. The van der Waals surface area contributed by atoms with E-state index in [9.17, 15) is 4.79 Å². The molecule has 2 N–H and O–H groups in total. The molecule has 0 bridgehead atoms. The van der Waals surface area contributed by atoms with Crippen molar-refractivity contribution < 1.29 is 9.53 Å². The van der Waals surface area contributed by atoms with Crippen molar-refractivity contribution in [1.82, 2.24) is 10.6 Å². The Hall–Kier alpha value is -0.770. The summed E-state index contributed by atoms with van der Waals surface area (Å²) in [6.45, 7) is 5.92. The molecule has 1 unspecified atom stereocenters. The van der Waals surface area contributed by atoms with Crippen molar-refractivity contribution in [2.75, 3.05) is 19.7 Å². The molecule has 1 rings (SSSR count). The molecular weight excluding hydrogens is 204 g/mol. The molecule has 0 heterocycles. The molecule has 0 aliphatic heterocycles. The Morgan fingerprint density at radius 3 is 2.69 bits per heavy atom. The van der Waals surface area contributed by atoms with Gasteiger partial charge in [0.05, 0.1) is 6.61 Å². The van der Waals surface area contributed by atoms with Crippen molar-refractivity contribution in [3.63, 3.8) is 0 Å². The summed E-state index contributed by atoms with van der Waals surface area (Å²) < 4.78 is 4.77. The van der Waals surface area contributed by atoms with E-state index in [-0.39, 0.29) is 6.09 Å². The number of ether oxygens (including phenoxy) is 1. The second-order valence-electron chi connectivity index (χ2n) is 4.43. The third-order valence-corrected chi connectivity index (χ3v) is 3.24. The Labute approximate surface area is 98.1 Å². The van der Waals surface area contributed by atoms with Crippen LogP contribution in [0.1, 0.15) is 39.5 Å². The molecule has 4 nitrogen and oxygen atoms in total. The van der Waals surface area contributed by atoms with Gasteiger partial charge in [-0.25, -0.2) is 4.79 Å². The van der Waals surface area contributed by atoms with Gasteiger partial charge in [-0.2, -0.15) is 0 Å². The maximum atomic E-state index is 11.0. The first kappa shape index (κ1) is 13.3. The monoisotopic (exact) mass is 228 g/mol. The van der Waals surface area contributed by atoms with Crippen molar-refractivity contribution in [1.29, 1.82) is 0 Å². The van der Waals surface area contributed by atoms with Crippen LogP contribution >= 0.6 is 0 Å². The largest absolute Gasteiger partial charge is 0.450 e. The quantitative estimate of drug-likeness (QED) is 0.683. The van der Waals surface area contributed by atoms with Gasteiger partial charge < -0.3 is 15.4 Å². The molecule has 1 aliphatic carbocycles. The molecule has 0 aromatic heterocycles. The molecule has 0 saturated heterocycles. The van der Waals surface area contributed by atoms with Crippen LogP contribution in [0.3, 0.4) is 0 Å². The van der Waals surface area contributed by atoms with Gasteiger partial charge in [-0.1, -0.05) is 12.8 Å². The molecule has 1 amide bonds. The van der Waals surface area contributed by atoms with Crippen LogP contribution in [0.4, 0.5) is 4.79 Å². The normalized spacial score (nSPS) is 18.4. The van der Waals surface area contributed by atoms with Crippen LogP contribution in [0.2, 0.25) is 0 Å². The standard InChI is InChI=1S/C12H24N2O2/c1-3-16-12(15)14-9-8-13-10(2)11-6-4-5-7-11/h10-11,13H,3-9H2,1-2H3,(H,14,15). The van der Waals surface area contributed by atoms with Gasteiger partial charge in [-0.05, 0) is 32.6 Å². The molecule has 1 saturated carbocycles. The Balaban J connectivity index is 1.99. The number of amides is 1. The zero-order chi connectivity index (χ0) is 11.8. The second-order valence-corrected chi connectivity index (χ2v) is 4.43. The highest BCUT2D eigenvalue weighted by molar-refractivity contribution is 5.66. The minimum atomic E-state index is -0.321. The predicted octanol–water partition coefficient (Wildman–Crippen LogP) is 1.90. The van der Waals surface area contributed by atoms with Crippen LogP contribution in [-0.4, -0.2) is 31.8 Å². The van der Waals surface area contributed by atoms with Gasteiger partial charge in [-0.15, -0.1) is 0 Å². The highest BCUT2D eigenvalue weighted by atomic mass is 16.5. The van der Waals surface area contributed by atoms with E-state index in [4.69, 9.17) is 4.74 Å². The smallest absolute Gasteiger partial charge is 0.407 e. The molecule has 1 aliphatic rings. The van der Waals surface area contributed by atoms with Gasteiger partial charge in [0.1, 0.15) is 0 Å². The molecular formula is C12H24N2O2. The lowest BCUT2D eigenvalue weighted by molar-refractivity contribution is 0.152. The summed E-state index contributed by atoms with van der Waals surface area (Å²) in [5.74, 6) is 0.822. The van der Waals surface area contributed by atoms with Gasteiger partial charge in [0.2, 0.25) is 0 Å². The molecule has 1 atom stereocenters. The number of hydrogen-bond donors (Lipinski definition) is 2. The van der Waals surface area contributed by atoms with Crippen LogP contribution in [0.15, 0.2) is 0 Å². The summed E-state index contributed by atoms with van der Waals surface area (Å²) in [6, 6.07) is 0.562. The summed E-state index contributed by atoms with van der Waals surface area (Å²) in [7, 11) is 0. The van der Waals surface area contributed by atoms with E-state index in [1.165, 1.54) is 25.7 Å². The van der Waals surface area contributed by atoms with Crippen LogP contribution in [0.5, 0.6) is 0 Å². The number of rotatable bonds is 6. The van der Waals surface area contributed by atoms with E-state index in [1.807, 2.05) is 0 Å². The van der Waals surface area contributed by atoms with Crippen molar-refractivity contribution in [2.45, 2.75) is 45.6 Å². The van der Waals surface area contributed by atoms with E-state index in [0.717, 1.165) is 12.5 Å². The predicted molar refractivity (Wildman–Crippen MR) is 64.4 cm³/mol. The number of carbonyl (C=O) groups is 1. The highest BCUT2D eigenvalue weighted by Gasteiger charge is 2.20. The average molecular weight is 228 g/mol. The fourth-order valence-electron chi connectivity index (χ4n) is 2.27. The topological polar surface area (TPSA) is 50.4 Å². The first-order chi connectivity index (χ1) is 7.74. The van der Waals surface area contributed by atoms with Crippen molar-refractivity contribution in [2.24, 2.45) is 5.92 Å². The Kier molecular flexibility index (Phi) is 6.23. The Bertz CT molecular complexity index is 203. The van der Waals surface area contributed by atoms with E-state index in [0.29, 0.717) is 19.2 Å². The Morgan fingerprint density at radius 2 is 2.06 bits per heavy atom. The fourth-order valence-corrected chi connectivity index (χ4v) is 2.27. The van der Waals surface area contributed by atoms with Crippen LogP contribution < -0.4 is 10.6 Å². The first-order valence-corrected chi connectivity index (χ1v) is 6.38. The number of alkyl carbamates (subject to hydrolysis) is 1. The van der Waals surface area contributed by atoms with Gasteiger partial charge in [0, 0.05) is 19.1 Å². The molecule has 0 aromatic rings. The highest BCUT2D eigenvalue weighted by Crippen LogP contribution is 2.27. The summed E-state index contributed by atoms with van der Waals surface area (Å²) in [5, 5.41) is 6.16. The lowest BCUT2D eigenvalue weighted by Gasteiger charge is -2.20. The van der Waals surface area contributed by atoms with Crippen molar-refractivity contribution in [3.8, 4) is 0 Å². The zero-order valence-electron chi connectivity index (χ0n) is 10.4. The molecule has 0 aromatic carbocycles.